The van der Waals surface area contributed by atoms with Crippen LogP contribution in [0, 0.1) is 5.92 Å². The lowest BCUT2D eigenvalue weighted by Gasteiger charge is -2.26. The van der Waals surface area contributed by atoms with Crippen molar-refractivity contribution >= 4 is 0 Å². The molecule has 0 aliphatic rings. The summed E-state index contributed by atoms with van der Waals surface area (Å²) in [5, 5.41) is 13.4. The van der Waals surface area contributed by atoms with Gasteiger partial charge in [-0.25, -0.2) is 0 Å². The van der Waals surface area contributed by atoms with Crippen molar-refractivity contribution in [2.45, 2.75) is 58.6 Å². The van der Waals surface area contributed by atoms with Crippen molar-refractivity contribution in [1.29, 1.82) is 0 Å². The Balaban J connectivity index is 3.67. The van der Waals surface area contributed by atoms with E-state index in [-0.39, 0.29) is 0 Å². The topological polar surface area (TPSA) is 41.5 Å². The Morgan fingerprint density at radius 2 is 1.88 bits per heavy atom. The zero-order valence-corrected chi connectivity index (χ0v) is 11.5. The van der Waals surface area contributed by atoms with Gasteiger partial charge in [-0.1, -0.05) is 13.8 Å². The SMILES string of the molecule is COCCC(C)(O)CNC(C)CCC(C)C. The molecule has 0 amide bonds. The van der Waals surface area contributed by atoms with Gasteiger partial charge in [-0.05, 0) is 32.6 Å². The van der Waals surface area contributed by atoms with Crippen molar-refractivity contribution in [2.75, 3.05) is 20.3 Å². The van der Waals surface area contributed by atoms with Crippen LogP contribution in [0.5, 0.6) is 0 Å². The molecule has 0 bridgehead atoms. The molecule has 0 heterocycles. The van der Waals surface area contributed by atoms with Crippen molar-refractivity contribution in [3.63, 3.8) is 0 Å². The summed E-state index contributed by atoms with van der Waals surface area (Å²) in [4.78, 5) is 0. The third-order valence-corrected chi connectivity index (χ3v) is 2.85. The van der Waals surface area contributed by atoms with Crippen LogP contribution in [0.15, 0.2) is 0 Å². The molecule has 0 aliphatic carbocycles. The maximum Gasteiger partial charge on any atom is 0.0765 e. The first-order valence-electron chi connectivity index (χ1n) is 6.32. The summed E-state index contributed by atoms with van der Waals surface area (Å²) in [6, 6.07) is 0.469. The molecule has 0 fully saturated rings. The van der Waals surface area contributed by atoms with E-state index >= 15 is 0 Å². The van der Waals surface area contributed by atoms with Crippen LogP contribution in [0.1, 0.15) is 47.0 Å². The molecule has 3 heteroatoms. The molecule has 0 aromatic rings. The van der Waals surface area contributed by atoms with E-state index in [0.29, 0.717) is 25.6 Å². The van der Waals surface area contributed by atoms with Crippen molar-refractivity contribution < 1.29 is 9.84 Å². The van der Waals surface area contributed by atoms with E-state index in [9.17, 15) is 5.11 Å². The van der Waals surface area contributed by atoms with Crippen LogP contribution >= 0.6 is 0 Å². The highest BCUT2D eigenvalue weighted by molar-refractivity contribution is 4.77. The Hall–Kier alpha value is -0.120. The zero-order chi connectivity index (χ0) is 12.6. The summed E-state index contributed by atoms with van der Waals surface area (Å²) >= 11 is 0. The van der Waals surface area contributed by atoms with Gasteiger partial charge >= 0.3 is 0 Å². The van der Waals surface area contributed by atoms with Gasteiger partial charge in [0.15, 0.2) is 0 Å². The number of nitrogens with one attached hydrogen (secondary N) is 1. The summed E-state index contributed by atoms with van der Waals surface area (Å²) in [5.41, 5.74) is -0.665. The average Bonchev–Trinajstić information content (AvgIpc) is 2.21. The fourth-order valence-corrected chi connectivity index (χ4v) is 1.49. The third kappa shape index (κ3) is 9.13. The summed E-state index contributed by atoms with van der Waals surface area (Å²) in [6.07, 6.45) is 3.07. The molecular formula is C13H29NO2. The maximum atomic E-state index is 10.0. The Bertz CT molecular complexity index is 169. The van der Waals surface area contributed by atoms with Crippen LogP contribution in [-0.4, -0.2) is 37.0 Å². The molecule has 16 heavy (non-hydrogen) atoms. The van der Waals surface area contributed by atoms with E-state index in [4.69, 9.17) is 4.74 Å². The molecule has 0 spiro atoms. The van der Waals surface area contributed by atoms with Crippen LogP contribution in [0.3, 0.4) is 0 Å². The predicted molar refractivity (Wildman–Crippen MR) is 68.7 cm³/mol. The van der Waals surface area contributed by atoms with Gasteiger partial charge in [0.25, 0.3) is 0 Å². The number of rotatable bonds is 9. The molecule has 0 aromatic heterocycles. The minimum atomic E-state index is -0.665. The molecule has 0 aromatic carbocycles. The molecule has 0 rings (SSSR count). The third-order valence-electron chi connectivity index (χ3n) is 2.85. The molecule has 2 atom stereocenters. The normalized spacial score (nSPS) is 17.4. The Morgan fingerprint density at radius 3 is 2.38 bits per heavy atom. The van der Waals surface area contributed by atoms with Gasteiger partial charge in [-0.15, -0.1) is 0 Å². The van der Waals surface area contributed by atoms with E-state index < -0.39 is 5.60 Å². The highest BCUT2D eigenvalue weighted by Gasteiger charge is 2.20. The second kappa shape index (κ2) is 8.04. The number of hydrogen-bond donors (Lipinski definition) is 2. The predicted octanol–water partition coefficient (Wildman–Crippen LogP) is 2.19. The smallest absolute Gasteiger partial charge is 0.0765 e. The van der Waals surface area contributed by atoms with Gasteiger partial charge in [-0.3, -0.25) is 0 Å². The maximum absolute atomic E-state index is 10.0. The molecule has 0 radical (unpaired) electrons. The Morgan fingerprint density at radius 1 is 1.25 bits per heavy atom. The van der Waals surface area contributed by atoms with Gasteiger partial charge in [-0.2, -0.15) is 0 Å². The molecule has 2 N–H and O–H groups in total. The van der Waals surface area contributed by atoms with Crippen molar-refractivity contribution in [2.24, 2.45) is 5.92 Å². The van der Waals surface area contributed by atoms with Crippen LogP contribution in [0.4, 0.5) is 0 Å². The number of aliphatic hydroxyl groups is 1. The first-order chi connectivity index (χ1) is 7.37. The Kier molecular flexibility index (Phi) is 7.98. The van der Waals surface area contributed by atoms with E-state index in [1.54, 1.807) is 7.11 Å². The lowest BCUT2D eigenvalue weighted by atomic mass is 10.0. The molecule has 2 unspecified atom stereocenters. The lowest BCUT2D eigenvalue weighted by molar-refractivity contribution is 0.0228. The minimum absolute atomic E-state index is 0.469. The standard InChI is InChI=1S/C13H29NO2/c1-11(2)6-7-12(3)14-10-13(4,15)8-9-16-5/h11-12,14-15H,6-10H2,1-5H3. The van der Waals surface area contributed by atoms with Crippen LogP contribution in [0.2, 0.25) is 0 Å². The van der Waals surface area contributed by atoms with Crippen molar-refractivity contribution in [3.8, 4) is 0 Å². The summed E-state index contributed by atoms with van der Waals surface area (Å²) in [6.45, 7) is 9.75. The van der Waals surface area contributed by atoms with Crippen molar-refractivity contribution in [1.82, 2.24) is 5.32 Å². The van der Waals surface area contributed by atoms with Crippen LogP contribution in [0.25, 0.3) is 0 Å². The number of hydrogen-bond acceptors (Lipinski definition) is 3. The molecule has 3 nitrogen and oxygen atoms in total. The molecule has 0 saturated carbocycles. The van der Waals surface area contributed by atoms with Gasteiger partial charge < -0.3 is 15.2 Å². The van der Waals surface area contributed by atoms with E-state index in [0.717, 1.165) is 12.3 Å². The number of methoxy groups -OCH3 is 1. The van der Waals surface area contributed by atoms with Crippen LogP contribution in [-0.2, 0) is 4.74 Å². The van der Waals surface area contributed by atoms with E-state index in [2.05, 4.69) is 26.1 Å². The van der Waals surface area contributed by atoms with Gasteiger partial charge in [0.05, 0.1) is 5.60 Å². The minimum Gasteiger partial charge on any atom is -0.389 e. The van der Waals surface area contributed by atoms with E-state index in [1.165, 1.54) is 6.42 Å². The quantitative estimate of drug-likeness (QED) is 0.639. The highest BCUT2D eigenvalue weighted by Crippen LogP contribution is 2.10. The van der Waals surface area contributed by atoms with Gasteiger partial charge in [0.2, 0.25) is 0 Å². The van der Waals surface area contributed by atoms with Crippen molar-refractivity contribution in [3.05, 3.63) is 0 Å². The summed E-state index contributed by atoms with van der Waals surface area (Å²) in [7, 11) is 1.66. The first-order valence-corrected chi connectivity index (χ1v) is 6.32. The Labute approximate surface area is 101 Å². The first kappa shape index (κ1) is 15.9. The summed E-state index contributed by atoms with van der Waals surface area (Å²) in [5.74, 6) is 0.748. The van der Waals surface area contributed by atoms with E-state index in [1.807, 2.05) is 6.92 Å². The molecule has 0 saturated heterocycles. The second-order valence-electron chi connectivity index (χ2n) is 5.49. The lowest BCUT2D eigenvalue weighted by Crippen LogP contribution is -2.42. The number of ether oxygens (including phenoxy) is 1. The monoisotopic (exact) mass is 231 g/mol. The molecule has 98 valence electrons. The molecule has 0 aliphatic heterocycles. The highest BCUT2D eigenvalue weighted by atomic mass is 16.5. The second-order valence-corrected chi connectivity index (χ2v) is 5.49. The fourth-order valence-electron chi connectivity index (χ4n) is 1.49. The summed E-state index contributed by atoms with van der Waals surface area (Å²) < 4.78 is 4.98. The fraction of sp³-hybridized carbons (Fsp3) is 1.00. The largest absolute Gasteiger partial charge is 0.389 e. The van der Waals surface area contributed by atoms with Crippen LogP contribution < -0.4 is 5.32 Å². The average molecular weight is 231 g/mol. The molecular weight excluding hydrogens is 202 g/mol. The van der Waals surface area contributed by atoms with Gasteiger partial charge in [0, 0.05) is 32.7 Å². The zero-order valence-electron chi connectivity index (χ0n) is 11.5. The van der Waals surface area contributed by atoms with Gasteiger partial charge in [0.1, 0.15) is 0 Å².